The summed E-state index contributed by atoms with van der Waals surface area (Å²) in [5.41, 5.74) is 4.53. The Morgan fingerprint density at radius 2 is 1.63 bits per heavy atom. The predicted molar refractivity (Wildman–Crippen MR) is 133 cm³/mol. The second-order valence-corrected chi connectivity index (χ2v) is 9.46. The topological polar surface area (TPSA) is 95.9 Å². The molecule has 1 atom stereocenters. The highest BCUT2D eigenvalue weighted by atomic mass is 16.5. The van der Waals surface area contributed by atoms with Crippen molar-refractivity contribution in [2.45, 2.75) is 69.9 Å². The van der Waals surface area contributed by atoms with Gasteiger partial charge in [-0.05, 0) is 41.5 Å². The predicted octanol–water partition coefficient (Wildman–Crippen LogP) is 4.94. The van der Waals surface area contributed by atoms with Crippen molar-refractivity contribution in [3.05, 3.63) is 59.7 Å². The summed E-state index contributed by atoms with van der Waals surface area (Å²) in [6.45, 7) is 1.83. The van der Waals surface area contributed by atoms with Crippen LogP contribution in [0.5, 0.6) is 0 Å². The number of unbranched alkanes of at least 4 members (excludes halogenated alkanes) is 1. The maximum atomic E-state index is 13.4. The normalized spacial score (nSPS) is 15.8. The number of carboxylic acids is 1. The number of benzene rings is 2. The molecule has 0 radical (unpaired) electrons. The van der Waals surface area contributed by atoms with Gasteiger partial charge in [0.1, 0.15) is 19.2 Å². The number of aliphatic carboxylic acids is 1. The summed E-state index contributed by atoms with van der Waals surface area (Å²) < 4.78 is 5.65. The lowest BCUT2D eigenvalue weighted by atomic mass is 9.98. The highest BCUT2D eigenvalue weighted by molar-refractivity contribution is 5.88. The third-order valence-electron chi connectivity index (χ3n) is 7.13. The fourth-order valence-corrected chi connectivity index (χ4v) is 5.40. The van der Waals surface area contributed by atoms with E-state index >= 15 is 0 Å². The van der Waals surface area contributed by atoms with Gasteiger partial charge in [-0.25, -0.2) is 4.79 Å². The Kier molecular flexibility index (Phi) is 8.06. The molecular weight excluding hydrogens is 444 g/mol. The number of carboxylic acid groups (broad SMARTS) is 1. The van der Waals surface area contributed by atoms with Gasteiger partial charge in [0.05, 0.1) is 0 Å². The van der Waals surface area contributed by atoms with Crippen LogP contribution in [0.4, 0.5) is 4.79 Å². The highest BCUT2D eigenvalue weighted by Gasteiger charge is 2.34. The molecule has 4 rings (SSSR count). The molecule has 1 fully saturated rings. The first-order valence-corrected chi connectivity index (χ1v) is 12.6. The molecule has 2 aromatic rings. The first kappa shape index (κ1) is 24.8. The van der Waals surface area contributed by atoms with Crippen molar-refractivity contribution in [1.29, 1.82) is 0 Å². The Bertz CT molecular complexity index is 1020. The van der Waals surface area contributed by atoms with Crippen LogP contribution in [0.1, 0.15) is 68.9 Å². The average molecular weight is 479 g/mol. The van der Waals surface area contributed by atoms with E-state index in [1.54, 1.807) is 0 Å². The molecule has 1 saturated carbocycles. The number of rotatable bonds is 10. The van der Waals surface area contributed by atoms with Crippen molar-refractivity contribution in [3.8, 4) is 11.1 Å². The van der Waals surface area contributed by atoms with E-state index in [4.69, 9.17) is 4.74 Å². The number of alkyl carbamates (subject to hydrolysis) is 1. The standard InChI is InChI=1S/C28H34N2O5/c1-2-3-16-25(27(33)30(17-26(31)32)19-10-4-5-11-19)29-28(34)35-18-24-22-14-8-6-12-20(22)21-13-7-9-15-23(21)24/h6-9,12-15,19,24-25H,2-5,10-11,16-18H2,1H3,(H,29,34)(H,31,32). The van der Waals surface area contributed by atoms with Crippen molar-refractivity contribution >= 4 is 18.0 Å². The van der Waals surface area contributed by atoms with Gasteiger partial charge in [-0.3, -0.25) is 9.59 Å². The van der Waals surface area contributed by atoms with Crippen molar-refractivity contribution in [1.82, 2.24) is 10.2 Å². The lowest BCUT2D eigenvalue weighted by Gasteiger charge is -2.31. The van der Waals surface area contributed by atoms with Gasteiger partial charge < -0.3 is 20.1 Å². The van der Waals surface area contributed by atoms with E-state index in [2.05, 4.69) is 29.6 Å². The van der Waals surface area contributed by atoms with Crippen LogP contribution in [0.3, 0.4) is 0 Å². The van der Waals surface area contributed by atoms with E-state index in [-0.39, 0.29) is 31.0 Å². The zero-order valence-corrected chi connectivity index (χ0v) is 20.2. The van der Waals surface area contributed by atoms with Gasteiger partial charge in [0.2, 0.25) is 5.91 Å². The van der Waals surface area contributed by atoms with E-state index in [1.807, 2.05) is 31.2 Å². The van der Waals surface area contributed by atoms with Crippen LogP contribution in [0.2, 0.25) is 0 Å². The molecule has 0 saturated heterocycles. The molecule has 2 aromatic carbocycles. The quantitative estimate of drug-likeness (QED) is 0.504. The summed E-state index contributed by atoms with van der Waals surface area (Å²) >= 11 is 0. The Morgan fingerprint density at radius 3 is 2.20 bits per heavy atom. The molecule has 186 valence electrons. The zero-order valence-electron chi connectivity index (χ0n) is 20.2. The summed E-state index contributed by atoms with van der Waals surface area (Å²) in [5, 5.41) is 12.1. The molecule has 7 nitrogen and oxygen atoms in total. The second-order valence-electron chi connectivity index (χ2n) is 9.46. The largest absolute Gasteiger partial charge is 0.480 e. The van der Waals surface area contributed by atoms with Gasteiger partial charge >= 0.3 is 12.1 Å². The number of hydrogen-bond donors (Lipinski definition) is 2. The number of carbonyl (C=O) groups is 3. The molecule has 35 heavy (non-hydrogen) atoms. The molecule has 0 spiro atoms. The summed E-state index contributed by atoms with van der Waals surface area (Å²) in [4.78, 5) is 39.2. The zero-order chi connectivity index (χ0) is 24.8. The number of nitrogens with zero attached hydrogens (tertiary/aromatic N) is 1. The number of carbonyl (C=O) groups excluding carboxylic acids is 2. The summed E-state index contributed by atoms with van der Waals surface area (Å²) in [5.74, 6) is -1.44. The van der Waals surface area contributed by atoms with Crippen LogP contribution in [-0.4, -0.2) is 53.2 Å². The monoisotopic (exact) mass is 478 g/mol. The second kappa shape index (κ2) is 11.4. The maximum absolute atomic E-state index is 13.4. The fraction of sp³-hybridized carbons (Fsp3) is 0.464. The van der Waals surface area contributed by atoms with Gasteiger partial charge in [0, 0.05) is 12.0 Å². The summed E-state index contributed by atoms with van der Waals surface area (Å²) in [6, 6.07) is 15.3. The average Bonchev–Trinajstić information content (AvgIpc) is 3.50. The van der Waals surface area contributed by atoms with E-state index < -0.39 is 18.1 Å². The van der Waals surface area contributed by atoms with E-state index in [9.17, 15) is 19.5 Å². The molecule has 2 aliphatic rings. The number of nitrogens with one attached hydrogen (secondary N) is 1. The first-order valence-electron chi connectivity index (χ1n) is 12.6. The Labute approximate surface area is 206 Å². The third kappa shape index (κ3) is 5.66. The minimum absolute atomic E-state index is 0.0695. The van der Waals surface area contributed by atoms with Gasteiger partial charge in [-0.1, -0.05) is 81.1 Å². The van der Waals surface area contributed by atoms with Gasteiger partial charge in [0.25, 0.3) is 0 Å². The Balaban J connectivity index is 1.44. The number of amides is 2. The lowest BCUT2D eigenvalue weighted by molar-refractivity contribution is -0.147. The van der Waals surface area contributed by atoms with Crippen molar-refractivity contribution in [3.63, 3.8) is 0 Å². The van der Waals surface area contributed by atoms with Gasteiger partial charge in [-0.2, -0.15) is 0 Å². The van der Waals surface area contributed by atoms with E-state index in [0.29, 0.717) is 6.42 Å². The van der Waals surface area contributed by atoms with Crippen LogP contribution in [0, 0.1) is 0 Å². The fourth-order valence-electron chi connectivity index (χ4n) is 5.40. The van der Waals surface area contributed by atoms with Gasteiger partial charge in [0.15, 0.2) is 0 Å². The smallest absolute Gasteiger partial charge is 0.407 e. The number of ether oxygens (including phenoxy) is 1. The van der Waals surface area contributed by atoms with Crippen LogP contribution < -0.4 is 5.32 Å². The van der Waals surface area contributed by atoms with Gasteiger partial charge in [-0.15, -0.1) is 0 Å². The van der Waals surface area contributed by atoms with Crippen LogP contribution in [0.15, 0.2) is 48.5 Å². The molecule has 7 heteroatoms. The maximum Gasteiger partial charge on any atom is 0.407 e. The summed E-state index contributed by atoms with van der Waals surface area (Å²) in [7, 11) is 0. The lowest BCUT2D eigenvalue weighted by Crippen LogP contribution is -2.53. The Hall–Kier alpha value is -3.35. The minimum atomic E-state index is -1.04. The molecule has 0 aromatic heterocycles. The highest BCUT2D eigenvalue weighted by Crippen LogP contribution is 2.44. The molecule has 2 amide bonds. The van der Waals surface area contributed by atoms with E-state index in [1.165, 1.54) is 4.90 Å². The molecule has 1 unspecified atom stereocenters. The number of fused-ring (bicyclic) bond motifs is 3. The first-order chi connectivity index (χ1) is 17.0. The third-order valence-corrected chi connectivity index (χ3v) is 7.13. The molecule has 0 heterocycles. The molecule has 2 N–H and O–H groups in total. The van der Waals surface area contributed by atoms with Crippen LogP contribution in [-0.2, 0) is 14.3 Å². The summed E-state index contributed by atoms with van der Waals surface area (Å²) in [6.07, 6.45) is 4.95. The van der Waals surface area contributed by atoms with Crippen molar-refractivity contribution in [2.75, 3.05) is 13.2 Å². The molecule has 0 aliphatic heterocycles. The van der Waals surface area contributed by atoms with Crippen LogP contribution >= 0.6 is 0 Å². The SMILES string of the molecule is CCCCC(NC(=O)OCC1c2ccccc2-c2ccccc21)C(=O)N(CC(=O)O)C1CCCC1. The molecule has 2 aliphatic carbocycles. The minimum Gasteiger partial charge on any atom is -0.480 e. The van der Waals surface area contributed by atoms with Crippen molar-refractivity contribution in [2.24, 2.45) is 0 Å². The molecular formula is C28H34N2O5. The van der Waals surface area contributed by atoms with Crippen LogP contribution in [0.25, 0.3) is 11.1 Å². The molecule has 0 bridgehead atoms. The number of hydrogen-bond acceptors (Lipinski definition) is 4. The Morgan fingerprint density at radius 1 is 1.03 bits per heavy atom. The van der Waals surface area contributed by atoms with Crippen molar-refractivity contribution < 1.29 is 24.2 Å². The van der Waals surface area contributed by atoms with E-state index in [0.717, 1.165) is 60.8 Å².